The number of fused-ring (bicyclic) bond motifs is 1. The van der Waals surface area contributed by atoms with E-state index in [1.165, 1.54) is 12.1 Å². The van der Waals surface area contributed by atoms with Crippen molar-refractivity contribution in [2.45, 2.75) is 92.1 Å². The van der Waals surface area contributed by atoms with E-state index in [-0.39, 0.29) is 33.8 Å². The number of rotatable bonds is 10. The smallest absolute Gasteiger partial charge is 0.229 e. The molecule has 0 unspecified atom stereocenters. The maximum atomic E-state index is 13.1. The Kier molecular flexibility index (Phi) is 11.9. The number of hydrogen-bond acceptors (Lipinski definition) is 21. The molecule has 0 amide bonds. The molecule has 0 saturated carbocycles. The van der Waals surface area contributed by atoms with Gasteiger partial charge in [-0.15, -0.1) is 0 Å². The van der Waals surface area contributed by atoms with Gasteiger partial charge in [-0.1, -0.05) is 0 Å². The summed E-state index contributed by atoms with van der Waals surface area (Å²) >= 11 is 0. The lowest BCUT2D eigenvalue weighted by atomic mass is 9.98. The lowest BCUT2D eigenvalue weighted by molar-refractivity contribution is -0.323. The molecule has 0 spiro atoms. The zero-order valence-electron chi connectivity index (χ0n) is 27.8. The van der Waals surface area contributed by atoms with E-state index in [0.29, 0.717) is 0 Å². The Balaban J connectivity index is 1.19. The summed E-state index contributed by atoms with van der Waals surface area (Å²) in [7, 11) is 0. The fourth-order valence-electron chi connectivity index (χ4n) is 6.19. The molecule has 21 heteroatoms. The molecule has 4 heterocycles. The topological polar surface area (TPSA) is 349 Å². The first kappa shape index (κ1) is 39.9. The van der Waals surface area contributed by atoms with Gasteiger partial charge >= 0.3 is 0 Å². The maximum Gasteiger partial charge on any atom is 0.229 e. The predicted molar refractivity (Wildman–Crippen MR) is 173 cm³/mol. The summed E-state index contributed by atoms with van der Waals surface area (Å²) in [6.45, 7) is -2.07. The van der Waals surface area contributed by atoms with E-state index in [2.05, 4.69) is 0 Å². The molecule has 3 aliphatic rings. The minimum absolute atomic E-state index is 0.115. The third-order valence-corrected chi connectivity index (χ3v) is 9.31. The lowest BCUT2D eigenvalue weighted by Crippen LogP contribution is -2.62. The van der Waals surface area contributed by atoms with Gasteiger partial charge in [0.2, 0.25) is 12.6 Å². The first-order valence-electron chi connectivity index (χ1n) is 16.5. The number of aliphatic hydroxyl groups excluding tert-OH is 11. The van der Waals surface area contributed by atoms with Crippen LogP contribution >= 0.6 is 0 Å². The highest BCUT2D eigenvalue weighted by Crippen LogP contribution is 2.37. The van der Waals surface area contributed by atoms with Crippen molar-refractivity contribution in [3.8, 4) is 34.3 Å². The molecule has 3 aliphatic heterocycles. The van der Waals surface area contributed by atoms with Gasteiger partial charge < -0.3 is 99.2 Å². The van der Waals surface area contributed by atoms with E-state index >= 15 is 0 Å². The fourth-order valence-corrected chi connectivity index (χ4v) is 6.19. The van der Waals surface area contributed by atoms with Crippen LogP contribution in [-0.4, -0.2) is 178 Å². The second-order valence-corrected chi connectivity index (χ2v) is 13.0. The van der Waals surface area contributed by atoms with Crippen molar-refractivity contribution in [2.24, 2.45) is 0 Å². The summed E-state index contributed by atoms with van der Waals surface area (Å²) in [6, 6.07) is 6.82. The van der Waals surface area contributed by atoms with E-state index < -0.39 is 129 Å². The van der Waals surface area contributed by atoms with E-state index in [0.717, 1.165) is 24.3 Å². The minimum atomic E-state index is -1.88. The number of aliphatic hydroxyl groups is 11. The van der Waals surface area contributed by atoms with Gasteiger partial charge in [0, 0.05) is 23.8 Å². The Morgan fingerprint density at radius 1 is 0.574 bits per heavy atom. The quantitative estimate of drug-likeness (QED) is 0.0918. The number of aromatic hydroxyl groups is 2. The molecule has 3 saturated heterocycles. The summed E-state index contributed by atoms with van der Waals surface area (Å²) in [5.74, 6) is -1.80. The number of benzene rings is 2. The zero-order valence-corrected chi connectivity index (χ0v) is 27.8. The van der Waals surface area contributed by atoms with Crippen molar-refractivity contribution >= 4 is 11.0 Å². The fraction of sp³-hybridized carbons (Fsp3) is 0.545. The number of hydrogen-bond donors (Lipinski definition) is 13. The van der Waals surface area contributed by atoms with Gasteiger partial charge in [-0.2, -0.15) is 0 Å². The molecule has 1 aromatic heterocycles. The van der Waals surface area contributed by atoms with Crippen LogP contribution < -0.4 is 14.9 Å². The molecule has 13 N–H and O–H groups in total. The molecular formula is C33H40O21. The molecule has 0 aliphatic carbocycles. The minimum Gasteiger partial charge on any atom is -0.507 e. The third kappa shape index (κ3) is 7.70. The van der Waals surface area contributed by atoms with Gasteiger partial charge in [-0.05, 0) is 18.2 Å². The SMILES string of the molecule is O=c1cc(-c2ccc(O[C@@H]3O[C@H](CO)[C@@H](O)[C@H](O)[C@H]3O)c(O)c2)oc2cc(O[C@@H]3O[C@H](CO[C@@H]4O[C@H](CO)[C@@H](O)[C@H](O)[C@H]4O)[C@@H](O)[C@H](O)[C@H]3O)cc(O)c12. The molecule has 0 radical (unpaired) electrons. The van der Waals surface area contributed by atoms with Crippen LogP contribution in [0.4, 0.5) is 0 Å². The summed E-state index contributed by atoms with van der Waals surface area (Å²) in [5, 5.41) is 132. The van der Waals surface area contributed by atoms with Crippen molar-refractivity contribution in [2.75, 3.05) is 19.8 Å². The average Bonchev–Trinajstić information content (AvgIpc) is 3.14. The molecule has 15 atom stereocenters. The molecule has 54 heavy (non-hydrogen) atoms. The standard InChI is InChI=1S/C33H40O21/c34-7-18-22(39)25(42)28(45)31(52-18)48-9-20-24(41)27(44)29(46)32(54-20)49-11-4-13(37)21-14(38)6-16(50-17(21)5-11)10-1-2-15(12(36)3-10)51-33-30(47)26(43)23(40)19(8-35)53-33/h1-6,18-20,22-37,39-47H,7-9H2/t18-,19-,20-,22-,23-,24-,25+,26+,27+,28-,29-,30-,31-,32-,33-/m1/s1. The van der Waals surface area contributed by atoms with Crippen LogP contribution in [0.15, 0.2) is 45.6 Å². The van der Waals surface area contributed by atoms with E-state index in [1.54, 1.807) is 0 Å². The molecular weight excluding hydrogens is 732 g/mol. The van der Waals surface area contributed by atoms with E-state index in [9.17, 15) is 71.2 Å². The second-order valence-electron chi connectivity index (χ2n) is 13.0. The van der Waals surface area contributed by atoms with E-state index in [1.807, 2.05) is 0 Å². The zero-order chi connectivity index (χ0) is 39.2. The molecule has 3 aromatic rings. The van der Waals surface area contributed by atoms with Crippen LogP contribution in [0.25, 0.3) is 22.3 Å². The highest BCUT2D eigenvalue weighted by molar-refractivity contribution is 5.86. The first-order chi connectivity index (χ1) is 25.6. The highest BCUT2D eigenvalue weighted by Gasteiger charge is 2.48. The van der Waals surface area contributed by atoms with Gasteiger partial charge in [-0.25, -0.2) is 0 Å². The largest absolute Gasteiger partial charge is 0.507 e. The second kappa shape index (κ2) is 16.2. The molecule has 2 aromatic carbocycles. The van der Waals surface area contributed by atoms with Crippen LogP contribution in [0.1, 0.15) is 0 Å². The first-order valence-corrected chi connectivity index (χ1v) is 16.5. The molecule has 6 rings (SSSR count). The summed E-state index contributed by atoms with van der Waals surface area (Å²) in [6.07, 6.45) is -24.8. The van der Waals surface area contributed by atoms with Gasteiger partial charge in [0.25, 0.3) is 0 Å². The van der Waals surface area contributed by atoms with Gasteiger partial charge in [0.15, 0.2) is 23.2 Å². The Hall–Kier alpha value is -3.75. The summed E-state index contributed by atoms with van der Waals surface area (Å²) in [4.78, 5) is 13.1. The van der Waals surface area contributed by atoms with Crippen molar-refractivity contribution < 1.29 is 99.2 Å². The monoisotopic (exact) mass is 772 g/mol. The van der Waals surface area contributed by atoms with Crippen molar-refractivity contribution in [1.29, 1.82) is 0 Å². The average molecular weight is 773 g/mol. The predicted octanol–water partition coefficient (Wildman–Crippen LogP) is -4.95. The number of phenolic OH excluding ortho intramolecular Hbond substituents is 2. The normalized spacial score (nSPS) is 37.3. The molecule has 0 bridgehead atoms. The Morgan fingerprint density at radius 3 is 1.70 bits per heavy atom. The molecule has 21 nitrogen and oxygen atoms in total. The maximum absolute atomic E-state index is 13.1. The highest BCUT2D eigenvalue weighted by atomic mass is 16.7. The summed E-state index contributed by atoms with van der Waals surface area (Å²) < 4.78 is 38.5. The third-order valence-electron chi connectivity index (χ3n) is 9.31. The Labute approximate surface area is 303 Å². The van der Waals surface area contributed by atoms with Crippen LogP contribution in [-0.2, 0) is 18.9 Å². The van der Waals surface area contributed by atoms with Crippen LogP contribution in [0.3, 0.4) is 0 Å². The van der Waals surface area contributed by atoms with Crippen LogP contribution in [0.5, 0.6) is 23.0 Å². The number of ether oxygens (including phenoxy) is 6. The summed E-state index contributed by atoms with van der Waals surface area (Å²) in [5.41, 5.74) is -0.861. The van der Waals surface area contributed by atoms with Gasteiger partial charge in [0.1, 0.15) is 101 Å². The Bertz CT molecular complexity index is 1820. The van der Waals surface area contributed by atoms with Crippen LogP contribution in [0, 0.1) is 0 Å². The van der Waals surface area contributed by atoms with E-state index in [4.69, 9.17) is 32.8 Å². The van der Waals surface area contributed by atoms with Gasteiger partial charge in [-0.3, -0.25) is 4.79 Å². The van der Waals surface area contributed by atoms with Crippen molar-refractivity contribution in [3.63, 3.8) is 0 Å². The Morgan fingerprint density at radius 2 is 1.11 bits per heavy atom. The number of phenols is 2. The molecule has 298 valence electrons. The lowest BCUT2D eigenvalue weighted by Gasteiger charge is -2.42. The van der Waals surface area contributed by atoms with Gasteiger partial charge in [0.05, 0.1) is 19.8 Å². The molecule has 3 fully saturated rings. The van der Waals surface area contributed by atoms with Crippen molar-refractivity contribution in [3.05, 3.63) is 46.6 Å². The van der Waals surface area contributed by atoms with Crippen LogP contribution in [0.2, 0.25) is 0 Å². The van der Waals surface area contributed by atoms with Crippen molar-refractivity contribution in [1.82, 2.24) is 0 Å².